The number of halogens is 3. The highest BCUT2D eigenvalue weighted by Gasteiger charge is 2.12. The average molecular weight is 267 g/mol. The molecule has 0 saturated heterocycles. The normalized spacial score (nSPS) is 11.3. The second kappa shape index (κ2) is 4.38. The fourth-order valence-corrected chi connectivity index (χ4v) is 1.67. The zero-order valence-electron chi connectivity index (χ0n) is 7.89. The van der Waals surface area contributed by atoms with Crippen LogP contribution in [0.5, 0.6) is 5.88 Å². The van der Waals surface area contributed by atoms with Crippen LogP contribution < -0.4 is 4.74 Å². The van der Waals surface area contributed by atoms with Gasteiger partial charge in [-0.3, -0.25) is 0 Å². The Balaban J connectivity index is 2.48. The molecule has 0 saturated carbocycles. The average Bonchev–Trinajstić information content (AvgIpc) is 2.59. The van der Waals surface area contributed by atoms with Crippen molar-refractivity contribution in [3.05, 3.63) is 11.3 Å². The van der Waals surface area contributed by atoms with Crippen molar-refractivity contribution in [1.82, 2.24) is 19.6 Å². The number of hydrogen-bond acceptors (Lipinski definition) is 5. The molecule has 0 N–H and O–H groups in total. The molecule has 16 heavy (non-hydrogen) atoms. The van der Waals surface area contributed by atoms with Crippen molar-refractivity contribution in [1.29, 1.82) is 0 Å². The van der Waals surface area contributed by atoms with Crippen LogP contribution in [0.15, 0.2) is 11.2 Å². The Hall–Kier alpha value is -1.15. The number of alkyl halides is 2. The quantitative estimate of drug-likeness (QED) is 0.797. The lowest BCUT2D eigenvalue weighted by molar-refractivity contribution is -0.0529. The summed E-state index contributed by atoms with van der Waals surface area (Å²) in [6.45, 7) is -2.93. The molecule has 0 aliphatic rings. The van der Waals surface area contributed by atoms with E-state index in [1.165, 1.54) is 17.8 Å². The summed E-state index contributed by atoms with van der Waals surface area (Å²) in [5, 5.41) is 4.15. The molecule has 0 aliphatic heterocycles. The summed E-state index contributed by atoms with van der Waals surface area (Å²) in [7, 11) is 0. The summed E-state index contributed by atoms with van der Waals surface area (Å²) in [5.41, 5.74) is 0.306. The van der Waals surface area contributed by atoms with Crippen LogP contribution in [0.3, 0.4) is 0 Å². The van der Waals surface area contributed by atoms with Gasteiger partial charge in [0, 0.05) is 6.07 Å². The zero-order valence-corrected chi connectivity index (χ0v) is 9.47. The third-order valence-electron chi connectivity index (χ3n) is 1.63. The summed E-state index contributed by atoms with van der Waals surface area (Å²) >= 11 is 7.07. The van der Waals surface area contributed by atoms with Gasteiger partial charge in [-0.05, 0) is 17.9 Å². The number of thioether (sulfide) groups is 1. The second-order valence-electron chi connectivity index (χ2n) is 2.61. The minimum Gasteiger partial charge on any atom is -0.415 e. The molecular weight excluding hydrogens is 262 g/mol. The molecule has 0 amide bonds. The van der Waals surface area contributed by atoms with Gasteiger partial charge in [-0.15, -0.1) is 5.10 Å². The third kappa shape index (κ3) is 2.17. The van der Waals surface area contributed by atoms with Crippen molar-refractivity contribution >= 4 is 29.0 Å². The van der Waals surface area contributed by atoms with Gasteiger partial charge in [0.1, 0.15) is 0 Å². The first-order valence-corrected chi connectivity index (χ1v) is 5.62. The van der Waals surface area contributed by atoms with E-state index in [0.717, 1.165) is 4.52 Å². The lowest BCUT2D eigenvalue weighted by Crippen LogP contribution is -2.02. The molecule has 9 heteroatoms. The van der Waals surface area contributed by atoms with Crippen molar-refractivity contribution in [2.75, 3.05) is 6.26 Å². The van der Waals surface area contributed by atoms with Crippen LogP contribution >= 0.6 is 23.4 Å². The summed E-state index contributed by atoms with van der Waals surface area (Å²) in [6.07, 6.45) is 1.77. The van der Waals surface area contributed by atoms with Crippen LogP contribution in [0.25, 0.3) is 5.65 Å². The van der Waals surface area contributed by atoms with Gasteiger partial charge < -0.3 is 4.74 Å². The van der Waals surface area contributed by atoms with E-state index >= 15 is 0 Å². The first-order chi connectivity index (χ1) is 7.60. The van der Waals surface area contributed by atoms with Crippen LogP contribution in [-0.2, 0) is 0 Å². The maximum absolute atomic E-state index is 12.0. The predicted octanol–water partition coefficient (Wildman–Crippen LogP) is 2.10. The molecule has 0 spiro atoms. The van der Waals surface area contributed by atoms with Gasteiger partial charge in [-0.25, -0.2) is 4.98 Å². The van der Waals surface area contributed by atoms with Gasteiger partial charge in [0.15, 0.2) is 10.8 Å². The Morgan fingerprint density at radius 2 is 2.25 bits per heavy atom. The molecule has 86 valence electrons. The topological polar surface area (TPSA) is 52.3 Å². The first-order valence-electron chi connectivity index (χ1n) is 4.02. The molecule has 0 radical (unpaired) electrons. The highest BCUT2D eigenvalue weighted by atomic mass is 35.5. The minimum absolute atomic E-state index is 0.0402. The van der Waals surface area contributed by atoms with E-state index in [4.69, 9.17) is 11.6 Å². The lowest BCUT2D eigenvalue weighted by Gasteiger charge is -1.98. The molecule has 0 bridgehead atoms. The van der Waals surface area contributed by atoms with E-state index < -0.39 is 6.61 Å². The summed E-state index contributed by atoms with van der Waals surface area (Å²) in [4.78, 5) is 7.91. The number of hydrogen-bond donors (Lipinski definition) is 0. The minimum atomic E-state index is -2.93. The fraction of sp³-hybridized carbons (Fsp3) is 0.286. The van der Waals surface area contributed by atoms with Gasteiger partial charge in [-0.2, -0.15) is 18.3 Å². The van der Waals surface area contributed by atoms with E-state index in [1.54, 1.807) is 6.26 Å². The van der Waals surface area contributed by atoms with E-state index in [9.17, 15) is 8.78 Å². The largest absolute Gasteiger partial charge is 0.415 e. The molecule has 0 aliphatic carbocycles. The summed E-state index contributed by atoms with van der Waals surface area (Å²) in [5.74, 6) is -0.246. The van der Waals surface area contributed by atoms with Gasteiger partial charge in [0.25, 0.3) is 0 Å². The van der Waals surface area contributed by atoms with Crippen LogP contribution in [0, 0.1) is 0 Å². The Morgan fingerprint density at radius 3 is 2.88 bits per heavy atom. The number of rotatable bonds is 3. The van der Waals surface area contributed by atoms with Crippen molar-refractivity contribution < 1.29 is 13.5 Å². The number of aromatic nitrogens is 4. The SMILES string of the molecule is CSc1nc(Cl)n2nc(OC(F)F)cc2n1. The van der Waals surface area contributed by atoms with E-state index in [-0.39, 0.29) is 11.2 Å². The summed E-state index contributed by atoms with van der Waals surface area (Å²) < 4.78 is 29.2. The second-order valence-corrected chi connectivity index (χ2v) is 3.72. The van der Waals surface area contributed by atoms with Crippen LogP contribution in [0.2, 0.25) is 5.28 Å². The molecule has 2 aromatic rings. The number of fused-ring (bicyclic) bond motifs is 1. The smallest absolute Gasteiger partial charge is 0.388 e. The van der Waals surface area contributed by atoms with Crippen molar-refractivity contribution in [3.8, 4) is 5.88 Å². The maximum Gasteiger partial charge on any atom is 0.388 e. The van der Waals surface area contributed by atoms with Gasteiger partial charge in [0.2, 0.25) is 11.2 Å². The Kier molecular flexibility index (Phi) is 3.10. The third-order valence-corrected chi connectivity index (χ3v) is 2.43. The van der Waals surface area contributed by atoms with E-state index in [1.807, 2.05) is 0 Å². The monoisotopic (exact) mass is 266 g/mol. The van der Waals surface area contributed by atoms with E-state index in [2.05, 4.69) is 19.8 Å². The van der Waals surface area contributed by atoms with Crippen molar-refractivity contribution in [3.63, 3.8) is 0 Å². The van der Waals surface area contributed by atoms with Gasteiger partial charge in [0.05, 0.1) is 0 Å². The zero-order chi connectivity index (χ0) is 11.7. The van der Waals surface area contributed by atoms with Crippen molar-refractivity contribution in [2.24, 2.45) is 0 Å². The molecule has 2 rings (SSSR count). The van der Waals surface area contributed by atoms with Gasteiger partial charge in [-0.1, -0.05) is 11.8 Å². The number of nitrogens with zero attached hydrogens (tertiary/aromatic N) is 4. The summed E-state index contributed by atoms with van der Waals surface area (Å²) in [6, 6.07) is 1.26. The van der Waals surface area contributed by atoms with Gasteiger partial charge >= 0.3 is 6.61 Å². The first kappa shape index (κ1) is 11.3. The maximum atomic E-state index is 12.0. The van der Waals surface area contributed by atoms with Crippen LogP contribution in [0.1, 0.15) is 0 Å². The number of ether oxygens (including phenoxy) is 1. The lowest BCUT2D eigenvalue weighted by atomic mass is 10.6. The molecule has 5 nitrogen and oxygen atoms in total. The fourth-order valence-electron chi connectivity index (χ4n) is 1.06. The molecule has 0 aromatic carbocycles. The highest BCUT2D eigenvalue weighted by Crippen LogP contribution is 2.19. The highest BCUT2D eigenvalue weighted by molar-refractivity contribution is 7.98. The van der Waals surface area contributed by atoms with Crippen LogP contribution in [-0.4, -0.2) is 32.4 Å². The molecule has 0 fully saturated rings. The van der Waals surface area contributed by atoms with E-state index in [0.29, 0.717) is 10.8 Å². The molecule has 0 unspecified atom stereocenters. The Labute approximate surface area is 97.8 Å². The van der Waals surface area contributed by atoms with Crippen molar-refractivity contribution in [2.45, 2.75) is 11.8 Å². The Bertz CT molecular complexity index is 520. The predicted molar refractivity (Wildman–Crippen MR) is 54.2 cm³/mol. The molecule has 0 atom stereocenters. The molecule has 2 heterocycles. The standard InChI is InChI=1S/C7H5ClF2N4OS/c1-16-7-11-3-2-4(15-6(9)10)13-14(3)5(8)12-7/h2,6H,1H3. The molecule has 2 aromatic heterocycles. The Morgan fingerprint density at radius 1 is 1.50 bits per heavy atom. The van der Waals surface area contributed by atoms with Crippen LogP contribution in [0.4, 0.5) is 8.78 Å². The molecular formula is C7H5ClF2N4OS.